The average Bonchev–Trinajstić information content (AvgIpc) is 2.01. The number of ketones is 2. The Hall–Kier alpha value is -1.23. The van der Waals surface area contributed by atoms with Gasteiger partial charge < -0.3 is 10.6 Å². The van der Waals surface area contributed by atoms with Crippen molar-refractivity contribution in [1.29, 1.82) is 0 Å². The van der Waals surface area contributed by atoms with Crippen molar-refractivity contribution in [2.45, 2.75) is 20.3 Å². The van der Waals surface area contributed by atoms with Gasteiger partial charge in [-0.25, -0.2) is 0 Å². The van der Waals surface area contributed by atoms with Crippen molar-refractivity contribution in [2.75, 3.05) is 19.6 Å². The fourth-order valence-corrected chi connectivity index (χ4v) is 1.05. The van der Waals surface area contributed by atoms with Gasteiger partial charge >= 0.3 is 0 Å². The lowest BCUT2D eigenvalue weighted by molar-refractivity contribution is -0.137. The fraction of sp³-hybridized carbons (Fsp3) is 0.667. The van der Waals surface area contributed by atoms with Crippen molar-refractivity contribution in [2.24, 2.45) is 5.73 Å². The van der Waals surface area contributed by atoms with E-state index in [1.54, 1.807) is 0 Å². The van der Waals surface area contributed by atoms with Crippen LogP contribution in [-0.2, 0) is 14.4 Å². The second-order valence-corrected chi connectivity index (χ2v) is 3.19. The minimum Gasteiger partial charge on any atom is -0.330 e. The lowest BCUT2D eigenvalue weighted by Crippen LogP contribution is -2.39. The van der Waals surface area contributed by atoms with E-state index < -0.39 is 0 Å². The number of carbonyl (C=O) groups excluding carboxylic acids is 3. The van der Waals surface area contributed by atoms with Crippen LogP contribution in [0.25, 0.3) is 0 Å². The predicted molar refractivity (Wildman–Crippen MR) is 51.6 cm³/mol. The number of amides is 1. The topological polar surface area (TPSA) is 80.5 Å². The number of nitrogens with two attached hydrogens (primary N) is 1. The largest absolute Gasteiger partial charge is 0.330 e. The Balaban J connectivity index is 4.29. The van der Waals surface area contributed by atoms with Crippen molar-refractivity contribution in [3.63, 3.8) is 0 Å². The molecule has 5 heteroatoms. The lowest BCUT2D eigenvalue weighted by atomic mass is 10.3. The maximum Gasteiger partial charge on any atom is 0.224 e. The Labute approximate surface area is 83.2 Å². The quantitative estimate of drug-likeness (QED) is 0.617. The molecule has 0 saturated heterocycles. The first-order valence-electron chi connectivity index (χ1n) is 4.44. The molecule has 0 unspecified atom stereocenters. The molecule has 0 aliphatic heterocycles. The summed E-state index contributed by atoms with van der Waals surface area (Å²) in [4.78, 5) is 34.2. The summed E-state index contributed by atoms with van der Waals surface area (Å²) in [6.07, 6.45) is 0.167. The van der Waals surface area contributed by atoms with Gasteiger partial charge in [-0.15, -0.1) is 0 Å². The third-order valence-electron chi connectivity index (χ3n) is 1.54. The number of Topliss-reactive ketones (excluding diaryl/α,β-unsaturated/α-hetero) is 2. The predicted octanol–water partition coefficient (Wildman–Crippen LogP) is -0.658. The maximum absolute atomic E-state index is 11.4. The van der Waals surface area contributed by atoms with E-state index in [0.717, 1.165) is 0 Å². The Morgan fingerprint density at radius 3 is 1.79 bits per heavy atom. The van der Waals surface area contributed by atoms with Gasteiger partial charge in [0, 0.05) is 13.0 Å². The van der Waals surface area contributed by atoms with Crippen LogP contribution in [0.15, 0.2) is 0 Å². The normalized spacial score (nSPS) is 9.64. The van der Waals surface area contributed by atoms with Crippen molar-refractivity contribution >= 4 is 17.5 Å². The Kier molecular flexibility index (Phi) is 5.71. The molecule has 1 amide bonds. The monoisotopic (exact) mass is 200 g/mol. The van der Waals surface area contributed by atoms with Crippen LogP contribution in [0, 0.1) is 0 Å². The summed E-state index contributed by atoms with van der Waals surface area (Å²) in [5.41, 5.74) is 5.21. The summed E-state index contributed by atoms with van der Waals surface area (Å²) in [6, 6.07) is 0. The number of hydrogen-bond acceptors (Lipinski definition) is 4. The lowest BCUT2D eigenvalue weighted by Gasteiger charge is -2.19. The maximum atomic E-state index is 11.4. The van der Waals surface area contributed by atoms with Crippen molar-refractivity contribution in [3.05, 3.63) is 0 Å². The minimum absolute atomic E-state index is 0.0155. The third kappa shape index (κ3) is 5.42. The van der Waals surface area contributed by atoms with Crippen molar-refractivity contribution in [1.82, 2.24) is 4.90 Å². The molecule has 0 aliphatic carbocycles. The molecule has 0 heterocycles. The van der Waals surface area contributed by atoms with Gasteiger partial charge in [0.2, 0.25) is 5.91 Å². The smallest absolute Gasteiger partial charge is 0.224 e. The molecular formula is C9H16N2O3. The Bertz CT molecular complexity index is 222. The van der Waals surface area contributed by atoms with Crippen LogP contribution in [0.5, 0.6) is 0 Å². The van der Waals surface area contributed by atoms with E-state index in [1.807, 2.05) is 0 Å². The number of carbonyl (C=O) groups is 3. The van der Waals surface area contributed by atoms with Crippen LogP contribution < -0.4 is 5.73 Å². The van der Waals surface area contributed by atoms with E-state index in [0.29, 0.717) is 0 Å². The van der Waals surface area contributed by atoms with Crippen molar-refractivity contribution in [3.8, 4) is 0 Å². The molecule has 14 heavy (non-hydrogen) atoms. The molecule has 0 fully saturated rings. The fourth-order valence-electron chi connectivity index (χ4n) is 1.05. The summed E-state index contributed by atoms with van der Waals surface area (Å²) < 4.78 is 0. The summed E-state index contributed by atoms with van der Waals surface area (Å²) >= 11 is 0. The molecule has 0 aromatic heterocycles. The zero-order valence-electron chi connectivity index (χ0n) is 8.58. The number of rotatable bonds is 6. The molecule has 0 aromatic carbocycles. The molecule has 0 radical (unpaired) electrons. The molecular weight excluding hydrogens is 184 g/mol. The van der Waals surface area contributed by atoms with Gasteiger partial charge in [-0.05, 0) is 13.8 Å². The Morgan fingerprint density at radius 2 is 1.50 bits per heavy atom. The number of nitrogens with zero attached hydrogens (tertiary/aromatic N) is 1. The van der Waals surface area contributed by atoms with Gasteiger partial charge in [0.25, 0.3) is 0 Å². The van der Waals surface area contributed by atoms with E-state index >= 15 is 0 Å². The van der Waals surface area contributed by atoms with Crippen LogP contribution in [0.3, 0.4) is 0 Å². The van der Waals surface area contributed by atoms with Gasteiger partial charge in [0.15, 0.2) is 0 Å². The second kappa shape index (κ2) is 6.26. The standard InChI is InChI=1S/C9H16N2O3/c1-7(12)5-11(6-8(2)13)9(14)3-4-10/h3-6,10H2,1-2H3. The van der Waals surface area contributed by atoms with E-state index in [2.05, 4.69) is 0 Å². The minimum atomic E-state index is -0.252. The first kappa shape index (κ1) is 12.8. The zero-order chi connectivity index (χ0) is 11.1. The van der Waals surface area contributed by atoms with Gasteiger partial charge in [0.05, 0.1) is 13.1 Å². The molecule has 0 rings (SSSR count). The highest BCUT2D eigenvalue weighted by atomic mass is 16.2. The first-order valence-corrected chi connectivity index (χ1v) is 4.44. The van der Waals surface area contributed by atoms with Crippen molar-refractivity contribution < 1.29 is 14.4 Å². The van der Waals surface area contributed by atoms with Gasteiger partial charge in [-0.2, -0.15) is 0 Å². The molecule has 0 atom stereocenters. The molecule has 5 nitrogen and oxygen atoms in total. The molecule has 0 spiro atoms. The van der Waals surface area contributed by atoms with Crippen LogP contribution in [-0.4, -0.2) is 42.0 Å². The molecule has 0 aliphatic rings. The highest BCUT2D eigenvalue weighted by molar-refractivity contribution is 5.88. The van der Waals surface area contributed by atoms with Crippen LogP contribution in [0.1, 0.15) is 20.3 Å². The van der Waals surface area contributed by atoms with Gasteiger partial charge in [0.1, 0.15) is 11.6 Å². The molecule has 80 valence electrons. The molecule has 2 N–H and O–H groups in total. The van der Waals surface area contributed by atoms with Crippen LogP contribution in [0.4, 0.5) is 0 Å². The van der Waals surface area contributed by atoms with Crippen LogP contribution >= 0.6 is 0 Å². The summed E-state index contributed by atoms with van der Waals surface area (Å²) in [6.45, 7) is 2.95. The van der Waals surface area contributed by atoms with Gasteiger partial charge in [-0.1, -0.05) is 0 Å². The highest BCUT2D eigenvalue weighted by Gasteiger charge is 2.15. The zero-order valence-corrected chi connectivity index (χ0v) is 8.58. The van der Waals surface area contributed by atoms with E-state index in [-0.39, 0.29) is 43.5 Å². The molecule has 0 saturated carbocycles. The molecule has 0 bridgehead atoms. The van der Waals surface area contributed by atoms with Crippen LogP contribution in [0.2, 0.25) is 0 Å². The Morgan fingerprint density at radius 1 is 1.07 bits per heavy atom. The summed E-state index contributed by atoms with van der Waals surface area (Å²) in [5.74, 6) is -0.536. The summed E-state index contributed by atoms with van der Waals surface area (Å²) in [5, 5.41) is 0. The first-order chi connectivity index (χ1) is 6.47. The third-order valence-corrected chi connectivity index (χ3v) is 1.54. The average molecular weight is 200 g/mol. The number of hydrogen-bond donors (Lipinski definition) is 1. The second-order valence-electron chi connectivity index (χ2n) is 3.19. The van der Waals surface area contributed by atoms with E-state index in [4.69, 9.17) is 5.73 Å². The SMILES string of the molecule is CC(=O)CN(CC(C)=O)C(=O)CCN. The van der Waals surface area contributed by atoms with E-state index in [9.17, 15) is 14.4 Å². The van der Waals surface area contributed by atoms with Gasteiger partial charge in [-0.3, -0.25) is 14.4 Å². The highest BCUT2D eigenvalue weighted by Crippen LogP contribution is 1.94. The van der Waals surface area contributed by atoms with E-state index in [1.165, 1.54) is 18.7 Å². The molecule has 0 aromatic rings. The summed E-state index contributed by atoms with van der Waals surface area (Å²) in [7, 11) is 0.